The maximum absolute atomic E-state index is 8.47. The molecule has 0 spiro atoms. The molecular formula is C2H4HfN2O2-2. The molecule has 0 bridgehead atoms. The molecule has 0 aliphatic rings. The molecule has 0 saturated carbocycles. The zero-order chi connectivity index (χ0) is 5.41. The van der Waals surface area contributed by atoms with Crippen molar-refractivity contribution in [2.45, 2.75) is 0 Å². The van der Waals surface area contributed by atoms with Crippen molar-refractivity contribution >= 4 is 12.8 Å². The third-order valence-electron chi connectivity index (χ3n) is 0. The van der Waals surface area contributed by atoms with Gasteiger partial charge in [-0.1, -0.05) is 0 Å². The van der Waals surface area contributed by atoms with Crippen molar-refractivity contribution in [1.29, 1.82) is 0 Å². The average molecular weight is 267 g/mol. The van der Waals surface area contributed by atoms with E-state index in [1.807, 2.05) is 0 Å². The fraction of sp³-hybridized carbons (Fsp3) is 0. The average Bonchev–Trinajstić information content (AvgIpc) is 1.39. The Morgan fingerprint density at radius 2 is 1.00 bits per heavy atom. The Morgan fingerprint density at radius 3 is 1.00 bits per heavy atom. The third-order valence-corrected chi connectivity index (χ3v) is 0. The minimum absolute atomic E-state index is 0. The Balaban J connectivity index is -0.0000000400. The number of carbonyl (C=O) groups excluding carboxylic acids is 2. The second kappa shape index (κ2) is 41.0. The quantitative estimate of drug-likeness (QED) is 0.469. The number of nitrogens with one attached hydrogen (secondary N) is 2. The molecule has 40 valence electrons. The second-order valence-electron chi connectivity index (χ2n) is 0.236. The molecule has 0 heterocycles. The Kier molecular flexibility index (Phi) is 92.8. The van der Waals surface area contributed by atoms with E-state index in [4.69, 9.17) is 21.1 Å². The van der Waals surface area contributed by atoms with E-state index in [0.29, 0.717) is 0 Å². The van der Waals surface area contributed by atoms with E-state index >= 15 is 0 Å². The van der Waals surface area contributed by atoms with Gasteiger partial charge in [-0.25, -0.2) is 0 Å². The zero-order valence-corrected chi connectivity index (χ0v) is 7.06. The molecule has 0 radical (unpaired) electrons. The largest absolute Gasteiger partial charge is 0.671 e. The molecule has 2 amide bonds. The molecule has 0 aromatic heterocycles. The zero-order valence-electron chi connectivity index (χ0n) is 3.47. The predicted octanol–water partition coefficient (Wildman–Crippen LogP) is 0.388. The van der Waals surface area contributed by atoms with E-state index in [1.165, 1.54) is 0 Å². The maximum Gasteiger partial charge on any atom is 0.0344 e. The van der Waals surface area contributed by atoms with Crippen LogP contribution < -0.4 is 0 Å². The Labute approximate surface area is 60.0 Å². The number of rotatable bonds is 0. The van der Waals surface area contributed by atoms with E-state index in [9.17, 15) is 0 Å². The van der Waals surface area contributed by atoms with Crippen LogP contribution in [0.25, 0.3) is 11.5 Å². The number of hydrogen-bond acceptors (Lipinski definition) is 2. The first-order chi connectivity index (χ1) is 2.83. The van der Waals surface area contributed by atoms with Gasteiger partial charge in [0.2, 0.25) is 0 Å². The van der Waals surface area contributed by atoms with Gasteiger partial charge in [-0.2, -0.15) is 0 Å². The summed E-state index contributed by atoms with van der Waals surface area (Å²) in [5, 5.41) is 0. The molecule has 0 aliphatic carbocycles. The summed E-state index contributed by atoms with van der Waals surface area (Å²) < 4.78 is 0. The Hall–Kier alpha value is -0.190. The van der Waals surface area contributed by atoms with Crippen molar-refractivity contribution in [2.24, 2.45) is 0 Å². The smallest absolute Gasteiger partial charge is 0.0344 e. The van der Waals surface area contributed by atoms with Crippen LogP contribution in [0.5, 0.6) is 0 Å². The first kappa shape index (κ1) is 15.8. The van der Waals surface area contributed by atoms with Crippen LogP contribution in [-0.4, -0.2) is 12.8 Å². The van der Waals surface area contributed by atoms with Gasteiger partial charge >= 0.3 is 0 Å². The predicted molar refractivity (Wildman–Crippen MR) is 20.8 cm³/mol. The molecule has 0 rings (SSSR count). The SMILES string of the molecule is [Hf].[NH-]C=O.[NH-]C=O. The second-order valence-corrected chi connectivity index (χ2v) is 0.236. The van der Waals surface area contributed by atoms with Crippen LogP contribution in [0.3, 0.4) is 0 Å². The van der Waals surface area contributed by atoms with Crippen LogP contribution in [-0.2, 0) is 35.4 Å². The maximum atomic E-state index is 8.47. The van der Waals surface area contributed by atoms with Crippen LogP contribution in [0.2, 0.25) is 0 Å². The molecule has 0 saturated heterocycles. The van der Waals surface area contributed by atoms with Crippen molar-refractivity contribution in [3.63, 3.8) is 0 Å². The summed E-state index contributed by atoms with van der Waals surface area (Å²) in [6.07, 6.45) is 0. The first-order valence-corrected chi connectivity index (χ1v) is 1.05. The van der Waals surface area contributed by atoms with Crippen LogP contribution in [0.4, 0.5) is 0 Å². The molecule has 4 nitrogen and oxygen atoms in total. The summed E-state index contributed by atoms with van der Waals surface area (Å²) >= 11 is 0. The minimum Gasteiger partial charge on any atom is -0.671 e. The van der Waals surface area contributed by atoms with Crippen molar-refractivity contribution in [1.82, 2.24) is 0 Å². The third kappa shape index (κ3) is 2340. The summed E-state index contributed by atoms with van der Waals surface area (Å²) in [4.78, 5) is 16.9. The van der Waals surface area contributed by atoms with Crippen LogP contribution in [0, 0.1) is 0 Å². The first-order valence-electron chi connectivity index (χ1n) is 1.05. The van der Waals surface area contributed by atoms with Gasteiger partial charge in [0.15, 0.2) is 0 Å². The minimum atomic E-state index is 0. The molecule has 0 aromatic rings. The van der Waals surface area contributed by atoms with Crippen molar-refractivity contribution < 1.29 is 35.4 Å². The van der Waals surface area contributed by atoms with Crippen molar-refractivity contribution in [2.75, 3.05) is 0 Å². The summed E-state index contributed by atoms with van der Waals surface area (Å²) in [5.74, 6) is 0. The number of amides is 2. The molecule has 2 N–H and O–H groups in total. The van der Waals surface area contributed by atoms with E-state index in [2.05, 4.69) is 0 Å². The summed E-state index contributed by atoms with van der Waals surface area (Å²) in [6, 6.07) is 0. The van der Waals surface area contributed by atoms with Gasteiger partial charge in [0.1, 0.15) is 0 Å². The molecule has 0 aliphatic heterocycles. The van der Waals surface area contributed by atoms with E-state index in [-0.39, 0.29) is 38.7 Å². The van der Waals surface area contributed by atoms with Crippen LogP contribution in [0.1, 0.15) is 0 Å². The van der Waals surface area contributed by atoms with Gasteiger partial charge in [0.05, 0.1) is 0 Å². The van der Waals surface area contributed by atoms with E-state index in [1.54, 1.807) is 0 Å². The van der Waals surface area contributed by atoms with Crippen LogP contribution >= 0.6 is 0 Å². The van der Waals surface area contributed by atoms with Crippen LogP contribution in [0.15, 0.2) is 0 Å². The summed E-state index contributed by atoms with van der Waals surface area (Å²) in [6.45, 7) is 0. The van der Waals surface area contributed by atoms with Gasteiger partial charge < -0.3 is 21.1 Å². The molecule has 0 aromatic carbocycles. The summed E-state index contributed by atoms with van der Waals surface area (Å²) in [7, 11) is 0. The molecule has 5 heteroatoms. The monoisotopic (exact) mass is 268 g/mol. The van der Waals surface area contributed by atoms with Gasteiger partial charge in [-0.15, -0.1) is 0 Å². The molecule has 0 fully saturated rings. The number of carbonyl (C=O) groups is 2. The molecule has 0 unspecified atom stereocenters. The molecule has 7 heavy (non-hydrogen) atoms. The fourth-order valence-electron chi connectivity index (χ4n) is 0. The topological polar surface area (TPSA) is 81.7 Å². The summed E-state index contributed by atoms with van der Waals surface area (Å²) in [5.41, 5.74) is 11.1. The Morgan fingerprint density at radius 1 is 1.00 bits per heavy atom. The van der Waals surface area contributed by atoms with Gasteiger partial charge in [-0.05, 0) is 0 Å². The van der Waals surface area contributed by atoms with Gasteiger partial charge in [-0.3, -0.25) is 0 Å². The van der Waals surface area contributed by atoms with Gasteiger partial charge in [0, 0.05) is 38.7 Å². The fourth-order valence-corrected chi connectivity index (χ4v) is 0. The van der Waals surface area contributed by atoms with E-state index < -0.39 is 0 Å². The van der Waals surface area contributed by atoms with E-state index in [0.717, 1.165) is 0 Å². The normalized spacial score (nSPS) is 3.43. The number of hydrogen-bond donors (Lipinski definition) is 0. The Bertz CT molecular complexity index is 34.7. The molecular weight excluding hydrogens is 263 g/mol. The van der Waals surface area contributed by atoms with Crippen molar-refractivity contribution in [3.05, 3.63) is 11.5 Å². The van der Waals surface area contributed by atoms with Gasteiger partial charge in [0.25, 0.3) is 0 Å². The van der Waals surface area contributed by atoms with Crippen molar-refractivity contribution in [3.8, 4) is 0 Å². The molecule has 0 atom stereocenters. The standard InChI is InChI=1S/2CH3NO.Hf/c2*2-1-3;/h2*1H,(H2,2,3);/p-2.